The normalized spacial score (nSPS) is 12.7. The Morgan fingerprint density at radius 2 is 2.00 bits per heavy atom. The summed E-state index contributed by atoms with van der Waals surface area (Å²) >= 11 is 0. The van der Waals surface area contributed by atoms with Crippen LogP contribution in [0.25, 0.3) is 0 Å². The van der Waals surface area contributed by atoms with Crippen molar-refractivity contribution >= 4 is 0 Å². The Bertz CT molecular complexity index is 405. The van der Waals surface area contributed by atoms with Crippen LogP contribution in [0.1, 0.15) is 45.0 Å². The highest BCUT2D eigenvalue weighted by Gasteiger charge is 2.06. The smallest absolute Gasteiger partial charge is 0.122 e. The summed E-state index contributed by atoms with van der Waals surface area (Å²) in [7, 11) is 1.70. The van der Waals surface area contributed by atoms with Gasteiger partial charge < -0.3 is 15.0 Å². The van der Waals surface area contributed by atoms with Gasteiger partial charge in [0.05, 0.1) is 12.8 Å². The molecule has 0 spiro atoms. The van der Waals surface area contributed by atoms with Gasteiger partial charge in [-0.1, -0.05) is 13.8 Å². The molecule has 0 saturated carbocycles. The van der Waals surface area contributed by atoms with Crippen LogP contribution in [0, 0.1) is 6.92 Å². The van der Waals surface area contributed by atoms with Crippen LogP contribution in [0.4, 0.5) is 0 Å². The highest BCUT2D eigenvalue weighted by atomic mass is 16.5. The van der Waals surface area contributed by atoms with E-state index < -0.39 is 0 Å². The summed E-state index contributed by atoms with van der Waals surface area (Å²) in [6, 6.07) is 4.47. The fraction of sp³-hybridized carbons (Fsp3) is 0.706. The quantitative estimate of drug-likeness (QED) is 0.719. The van der Waals surface area contributed by atoms with Crippen molar-refractivity contribution in [1.82, 2.24) is 15.2 Å². The third-order valence-electron chi connectivity index (χ3n) is 3.85. The molecule has 0 aliphatic rings. The molecule has 0 fully saturated rings. The zero-order valence-corrected chi connectivity index (χ0v) is 14.3. The highest BCUT2D eigenvalue weighted by Crippen LogP contribution is 2.13. The van der Waals surface area contributed by atoms with Gasteiger partial charge in [-0.2, -0.15) is 0 Å². The highest BCUT2D eigenvalue weighted by molar-refractivity contribution is 5.26. The third-order valence-corrected chi connectivity index (χ3v) is 3.85. The van der Waals surface area contributed by atoms with Gasteiger partial charge in [-0.15, -0.1) is 0 Å². The van der Waals surface area contributed by atoms with Crippen molar-refractivity contribution in [2.75, 3.05) is 26.7 Å². The summed E-state index contributed by atoms with van der Waals surface area (Å²) in [6.45, 7) is 13.0. The van der Waals surface area contributed by atoms with Crippen molar-refractivity contribution < 1.29 is 4.74 Å². The first-order chi connectivity index (χ1) is 10.1. The molecular formula is C17H31N3O. The molecule has 4 heteroatoms. The lowest BCUT2D eigenvalue weighted by molar-refractivity contribution is 0.290. The number of aromatic nitrogens is 1. The molecule has 1 unspecified atom stereocenters. The lowest BCUT2D eigenvalue weighted by Crippen LogP contribution is -2.29. The number of nitrogens with one attached hydrogen (secondary N) is 1. The van der Waals surface area contributed by atoms with Gasteiger partial charge in [-0.25, -0.2) is 0 Å². The maximum Gasteiger partial charge on any atom is 0.122 e. The van der Waals surface area contributed by atoms with E-state index in [1.165, 1.54) is 19.4 Å². The summed E-state index contributed by atoms with van der Waals surface area (Å²) in [4.78, 5) is 7.01. The number of aryl methyl sites for hydroxylation is 1. The van der Waals surface area contributed by atoms with E-state index in [1.54, 1.807) is 7.11 Å². The average molecular weight is 293 g/mol. The molecule has 0 amide bonds. The molecule has 0 aliphatic heterocycles. The Morgan fingerprint density at radius 3 is 2.62 bits per heavy atom. The maximum absolute atomic E-state index is 5.29. The summed E-state index contributed by atoms with van der Waals surface area (Å²) in [5.74, 6) is 0.883. The van der Waals surface area contributed by atoms with Crippen molar-refractivity contribution in [3.63, 3.8) is 0 Å². The van der Waals surface area contributed by atoms with Crippen molar-refractivity contribution in [3.05, 3.63) is 23.5 Å². The van der Waals surface area contributed by atoms with Crippen LogP contribution < -0.4 is 10.1 Å². The molecule has 0 aromatic carbocycles. The van der Waals surface area contributed by atoms with Gasteiger partial charge in [0.25, 0.3) is 0 Å². The van der Waals surface area contributed by atoms with E-state index in [4.69, 9.17) is 4.74 Å². The average Bonchev–Trinajstić information content (AvgIpc) is 2.49. The summed E-state index contributed by atoms with van der Waals surface area (Å²) < 4.78 is 5.29. The standard InChI is InChI=1S/C17H31N3O/c1-6-20(7-2)10-8-9-14(3)18-13-16-12-17(21-5)11-15(4)19-16/h11-12,14,18H,6-10,13H2,1-5H3. The molecule has 1 rings (SSSR count). The second kappa shape index (κ2) is 9.74. The largest absolute Gasteiger partial charge is 0.497 e. The van der Waals surface area contributed by atoms with Crippen LogP contribution in [0.15, 0.2) is 12.1 Å². The molecule has 0 aliphatic carbocycles. The first-order valence-electron chi connectivity index (χ1n) is 8.06. The van der Waals surface area contributed by atoms with Gasteiger partial charge in [0.2, 0.25) is 0 Å². The molecule has 1 aromatic heterocycles. The Labute approximate surface area is 129 Å². The first-order valence-corrected chi connectivity index (χ1v) is 8.06. The second-order valence-electron chi connectivity index (χ2n) is 5.59. The molecule has 1 heterocycles. The monoisotopic (exact) mass is 293 g/mol. The summed E-state index contributed by atoms with van der Waals surface area (Å²) in [6.07, 6.45) is 2.43. The lowest BCUT2D eigenvalue weighted by Gasteiger charge is -2.19. The Kier molecular flexibility index (Phi) is 8.31. The lowest BCUT2D eigenvalue weighted by atomic mass is 10.1. The number of nitrogens with zero attached hydrogens (tertiary/aromatic N) is 2. The van der Waals surface area contributed by atoms with Gasteiger partial charge in [-0.3, -0.25) is 4.98 Å². The summed E-state index contributed by atoms with van der Waals surface area (Å²) in [5.41, 5.74) is 2.04. The van der Waals surface area contributed by atoms with E-state index >= 15 is 0 Å². The zero-order chi connectivity index (χ0) is 15.7. The van der Waals surface area contributed by atoms with E-state index in [2.05, 4.69) is 36.0 Å². The van der Waals surface area contributed by atoms with Crippen molar-refractivity contribution in [3.8, 4) is 5.75 Å². The maximum atomic E-state index is 5.29. The van der Waals surface area contributed by atoms with Gasteiger partial charge in [0.1, 0.15) is 5.75 Å². The number of ether oxygens (including phenoxy) is 1. The molecule has 4 nitrogen and oxygen atoms in total. The predicted octanol–water partition coefficient (Wildman–Crippen LogP) is 3.00. The van der Waals surface area contributed by atoms with E-state index in [9.17, 15) is 0 Å². The molecule has 120 valence electrons. The fourth-order valence-corrected chi connectivity index (χ4v) is 2.45. The molecule has 0 saturated heterocycles. The minimum Gasteiger partial charge on any atom is -0.497 e. The van der Waals surface area contributed by atoms with E-state index in [0.717, 1.165) is 36.8 Å². The Balaban J connectivity index is 2.32. The van der Waals surface area contributed by atoms with Crippen molar-refractivity contribution in [1.29, 1.82) is 0 Å². The van der Waals surface area contributed by atoms with Crippen LogP contribution in [-0.4, -0.2) is 42.7 Å². The van der Waals surface area contributed by atoms with Crippen molar-refractivity contribution in [2.45, 2.75) is 53.1 Å². The second-order valence-corrected chi connectivity index (χ2v) is 5.59. The van der Waals surface area contributed by atoms with Crippen LogP contribution >= 0.6 is 0 Å². The molecule has 1 aromatic rings. The van der Waals surface area contributed by atoms with Gasteiger partial charge >= 0.3 is 0 Å². The van der Waals surface area contributed by atoms with E-state index in [1.807, 2.05) is 19.1 Å². The molecule has 1 atom stereocenters. The molecule has 0 radical (unpaired) electrons. The topological polar surface area (TPSA) is 37.4 Å². The zero-order valence-electron chi connectivity index (χ0n) is 14.3. The Morgan fingerprint density at radius 1 is 1.29 bits per heavy atom. The fourth-order valence-electron chi connectivity index (χ4n) is 2.45. The first kappa shape index (κ1) is 17.9. The SMILES string of the molecule is CCN(CC)CCCC(C)NCc1cc(OC)cc(C)n1. The number of pyridine rings is 1. The summed E-state index contributed by atoms with van der Waals surface area (Å²) in [5, 5.41) is 3.55. The van der Waals surface area contributed by atoms with Gasteiger partial charge in [0, 0.05) is 30.4 Å². The van der Waals surface area contributed by atoms with Crippen LogP contribution in [-0.2, 0) is 6.54 Å². The predicted molar refractivity (Wildman–Crippen MR) is 88.8 cm³/mol. The molecule has 0 bridgehead atoms. The van der Waals surface area contributed by atoms with Crippen LogP contribution in [0.2, 0.25) is 0 Å². The molecule has 1 N–H and O–H groups in total. The number of methoxy groups -OCH3 is 1. The number of hydrogen-bond acceptors (Lipinski definition) is 4. The van der Waals surface area contributed by atoms with E-state index in [-0.39, 0.29) is 0 Å². The minimum atomic E-state index is 0.508. The minimum absolute atomic E-state index is 0.508. The molecular weight excluding hydrogens is 262 g/mol. The van der Waals surface area contributed by atoms with Crippen LogP contribution in [0.5, 0.6) is 5.75 Å². The number of hydrogen-bond donors (Lipinski definition) is 1. The van der Waals surface area contributed by atoms with Crippen LogP contribution in [0.3, 0.4) is 0 Å². The third kappa shape index (κ3) is 6.91. The number of rotatable bonds is 10. The Hall–Kier alpha value is -1.13. The van der Waals surface area contributed by atoms with Gasteiger partial charge in [-0.05, 0) is 46.3 Å². The van der Waals surface area contributed by atoms with Gasteiger partial charge in [0.15, 0.2) is 0 Å². The van der Waals surface area contributed by atoms with E-state index in [0.29, 0.717) is 6.04 Å². The van der Waals surface area contributed by atoms with Crippen molar-refractivity contribution in [2.24, 2.45) is 0 Å². The molecule has 21 heavy (non-hydrogen) atoms.